The summed E-state index contributed by atoms with van der Waals surface area (Å²) in [5.74, 6) is -1.81. The van der Waals surface area contributed by atoms with E-state index in [1.807, 2.05) is 12.1 Å². The van der Waals surface area contributed by atoms with Crippen molar-refractivity contribution in [2.75, 3.05) is 26.8 Å². The Labute approximate surface area is 264 Å². The predicted octanol–water partition coefficient (Wildman–Crippen LogP) is 4.70. The Morgan fingerprint density at radius 1 is 1.10 bits per heavy atom. The van der Waals surface area contributed by atoms with E-state index in [4.69, 9.17) is 23.8 Å². The molecule has 1 aromatic carbocycles. The number of nitrogens with zero attached hydrogens (tertiary/aromatic N) is 1. The number of carbonyl (C=O) groups excluding carboxylic acids is 3. The maximum absolute atomic E-state index is 13.0. The summed E-state index contributed by atoms with van der Waals surface area (Å²) in [4.78, 5) is 41.5. The number of rotatable bonds is 11. The lowest BCUT2D eigenvalue weighted by atomic mass is 10.0. The summed E-state index contributed by atoms with van der Waals surface area (Å²) in [5.41, 5.74) is 0.885. The number of hydrogen-bond acceptors (Lipinski definition) is 9. The van der Waals surface area contributed by atoms with Crippen LogP contribution in [0, 0.1) is 0 Å². The van der Waals surface area contributed by atoms with Crippen LogP contribution in [0.2, 0.25) is 0 Å². The number of halogens is 4. The van der Waals surface area contributed by atoms with Gasteiger partial charge in [-0.25, -0.2) is 0 Å². The first-order chi connectivity index (χ1) is 19.0. The third-order valence-corrected chi connectivity index (χ3v) is 7.96. The summed E-state index contributed by atoms with van der Waals surface area (Å²) < 4.78 is 25.1. The van der Waals surface area contributed by atoms with Crippen LogP contribution in [-0.2, 0) is 39.9 Å². The topological polar surface area (TPSA) is 134 Å². The summed E-state index contributed by atoms with van der Waals surface area (Å²) in [7, 11) is 1.49. The van der Waals surface area contributed by atoms with Gasteiger partial charge in [-0.05, 0) is 78.3 Å². The number of benzene rings is 1. The molecule has 0 bridgehead atoms. The highest BCUT2D eigenvalue weighted by atomic mass is 79.9. The number of esters is 1. The van der Waals surface area contributed by atoms with E-state index in [9.17, 15) is 14.4 Å². The number of ether oxygens (including phenoxy) is 4. The number of allylic oxidation sites excluding steroid dienone is 1. The molecule has 3 rings (SSSR count). The minimum atomic E-state index is -1.60. The highest BCUT2D eigenvalue weighted by Gasteiger charge is 2.57. The largest absolute Gasteiger partial charge is 0.495 e. The van der Waals surface area contributed by atoms with Crippen molar-refractivity contribution in [2.24, 2.45) is 5.16 Å². The molecule has 0 saturated carbocycles. The molecule has 2 N–H and O–H groups in total. The molecule has 2 atom stereocenters. The van der Waals surface area contributed by atoms with Gasteiger partial charge in [0.05, 0.1) is 33.6 Å². The molecule has 40 heavy (non-hydrogen) atoms. The van der Waals surface area contributed by atoms with Gasteiger partial charge in [-0.1, -0.05) is 21.1 Å². The number of carbonyl (C=O) groups is 3. The first-order valence-corrected chi connectivity index (χ1v) is 15.2. The lowest BCUT2D eigenvalue weighted by Gasteiger charge is -2.30. The van der Waals surface area contributed by atoms with Crippen molar-refractivity contribution in [1.82, 2.24) is 10.6 Å². The Morgan fingerprint density at radius 3 is 2.42 bits per heavy atom. The second-order valence-electron chi connectivity index (χ2n) is 8.65. The van der Waals surface area contributed by atoms with Crippen molar-refractivity contribution in [2.45, 2.75) is 45.0 Å². The van der Waals surface area contributed by atoms with Gasteiger partial charge in [0.2, 0.25) is 12.0 Å². The van der Waals surface area contributed by atoms with Crippen molar-refractivity contribution in [1.29, 1.82) is 0 Å². The number of methoxy groups -OCH3 is 1. The number of amides is 2. The third kappa shape index (κ3) is 8.23. The summed E-state index contributed by atoms with van der Waals surface area (Å²) in [6.07, 6.45) is 1.29. The van der Waals surface area contributed by atoms with E-state index in [-0.39, 0.29) is 24.6 Å². The quantitative estimate of drug-likeness (QED) is 0.243. The molecule has 0 aliphatic carbocycles. The normalized spacial score (nSPS) is 20.0. The number of nitrogens with one attached hydrogen (secondary N) is 2. The standard InChI is InChI=1S/C25H27Br4N3O8/c1-13(33)30-7-5-15-9-16(26)22(17(27)10-15)37-8-4-6-31-24(35)20-23(39-14(2)34)25(40-32-20)11-18(28)21(36-3)19(29)12-38-25/h9-10,12,23H,4-8,11H2,1-3H3,(H,30,33)(H,31,35)/t23-,25-/m1/s1. The van der Waals surface area contributed by atoms with Crippen LogP contribution in [0.3, 0.4) is 0 Å². The molecule has 0 fully saturated rings. The van der Waals surface area contributed by atoms with Gasteiger partial charge in [0.15, 0.2) is 5.71 Å². The zero-order valence-corrected chi connectivity index (χ0v) is 28.1. The molecule has 1 aromatic rings. The van der Waals surface area contributed by atoms with Crippen molar-refractivity contribution < 1.29 is 38.2 Å². The highest BCUT2D eigenvalue weighted by molar-refractivity contribution is 9.12. The first-order valence-electron chi connectivity index (χ1n) is 12.0. The van der Waals surface area contributed by atoms with Gasteiger partial charge in [-0.15, -0.1) is 0 Å². The van der Waals surface area contributed by atoms with Crippen LogP contribution in [0.1, 0.15) is 32.3 Å². The molecule has 2 amide bonds. The maximum Gasteiger partial charge on any atom is 0.322 e. The van der Waals surface area contributed by atoms with E-state index in [0.717, 1.165) is 14.5 Å². The summed E-state index contributed by atoms with van der Waals surface area (Å²) in [5, 5.41) is 9.44. The molecule has 1 spiro atoms. The lowest BCUT2D eigenvalue weighted by Crippen LogP contribution is -2.51. The fourth-order valence-corrected chi connectivity index (χ4v) is 6.85. The minimum Gasteiger partial charge on any atom is -0.495 e. The number of hydrogen-bond donors (Lipinski definition) is 2. The van der Waals surface area contributed by atoms with E-state index >= 15 is 0 Å². The average Bonchev–Trinajstić information content (AvgIpc) is 3.14. The average molecular weight is 817 g/mol. The second kappa shape index (κ2) is 14.7. The highest BCUT2D eigenvalue weighted by Crippen LogP contribution is 2.42. The van der Waals surface area contributed by atoms with Crippen LogP contribution >= 0.6 is 63.7 Å². The summed E-state index contributed by atoms with van der Waals surface area (Å²) in [6.45, 7) is 3.80. The molecular weight excluding hydrogens is 790 g/mol. The van der Waals surface area contributed by atoms with Crippen LogP contribution < -0.4 is 15.4 Å². The molecule has 0 unspecified atom stereocenters. The summed E-state index contributed by atoms with van der Waals surface area (Å²) >= 11 is 13.8. The molecule has 2 heterocycles. The Hall–Kier alpha value is -2.10. The first kappa shape index (κ1) is 32.4. The zero-order valence-electron chi connectivity index (χ0n) is 21.8. The maximum atomic E-state index is 13.0. The van der Waals surface area contributed by atoms with Crippen molar-refractivity contribution in [3.8, 4) is 5.75 Å². The lowest BCUT2D eigenvalue weighted by molar-refractivity contribution is -0.232. The van der Waals surface area contributed by atoms with Crippen molar-refractivity contribution in [3.05, 3.63) is 47.6 Å². The SMILES string of the molecule is COC1=C(Br)C[C@@]2(OC=C1Br)ON=C(C(=O)NCCCOc1c(Br)cc(CCNC(C)=O)cc1Br)[C@H]2OC(C)=O. The predicted molar refractivity (Wildman–Crippen MR) is 160 cm³/mol. The molecule has 11 nitrogen and oxygen atoms in total. The summed E-state index contributed by atoms with van der Waals surface area (Å²) in [6, 6.07) is 3.86. The second-order valence-corrected chi connectivity index (χ2v) is 12.2. The zero-order chi connectivity index (χ0) is 29.4. The third-order valence-electron chi connectivity index (χ3n) is 5.59. The van der Waals surface area contributed by atoms with Gasteiger partial charge >= 0.3 is 11.8 Å². The van der Waals surface area contributed by atoms with Gasteiger partial charge in [-0.2, -0.15) is 0 Å². The van der Waals surface area contributed by atoms with Gasteiger partial charge in [0, 0.05) is 31.4 Å². The van der Waals surface area contributed by atoms with Crippen molar-refractivity contribution in [3.63, 3.8) is 0 Å². The molecule has 0 saturated heterocycles. The van der Waals surface area contributed by atoms with E-state index < -0.39 is 23.8 Å². The Kier molecular flexibility index (Phi) is 11.9. The van der Waals surface area contributed by atoms with Crippen LogP contribution in [0.15, 0.2) is 47.2 Å². The minimum absolute atomic E-state index is 0.0453. The van der Waals surface area contributed by atoms with E-state index in [1.165, 1.54) is 27.2 Å². The molecular formula is C25H27Br4N3O8. The fraction of sp³-hybridized carbons (Fsp3) is 0.440. The molecule has 2 aliphatic rings. The van der Waals surface area contributed by atoms with E-state index in [0.29, 0.717) is 46.5 Å². The van der Waals surface area contributed by atoms with Gasteiger partial charge in [-0.3, -0.25) is 14.4 Å². The van der Waals surface area contributed by atoms with Crippen molar-refractivity contribution >= 4 is 87.2 Å². The van der Waals surface area contributed by atoms with Crippen LogP contribution in [0.5, 0.6) is 5.75 Å². The fourth-order valence-electron chi connectivity index (χ4n) is 3.81. The molecule has 218 valence electrons. The van der Waals surface area contributed by atoms with E-state index in [1.54, 1.807) is 0 Å². The molecule has 0 radical (unpaired) electrons. The van der Waals surface area contributed by atoms with Gasteiger partial charge in [0.1, 0.15) is 17.8 Å². The Morgan fingerprint density at radius 2 is 1.80 bits per heavy atom. The molecule has 2 aliphatic heterocycles. The Balaban J connectivity index is 1.56. The van der Waals surface area contributed by atoms with E-state index in [2.05, 4.69) is 79.5 Å². The number of oxime groups is 1. The van der Waals surface area contributed by atoms with Gasteiger partial charge in [0.25, 0.3) is 5.91 Å². The van der Waals surface area contributed by atoms with Gasteiger partial charge < -0.3 is 34.4 Å². The van der Waals surface area contributed by atoms with Crippen LogP contribution in [0.25, 0.3) is 0 Å². The monoisotopic (exact) mass is 813 g/mol. The Bertz CT molecular complexity index is 1230. The smallest absolute Gasteiger partial charge is 0.322 e. The molecule has 15 heteroatoms. The van der Waals surface area contributed by atoms with Crippen LogP contribution in [0.4, 0.5) is 0 Å². The van der Waals surface area contributed by atoms with Crippen LogP contribution in [-0.4, -0.2) is 62.2 Å². The molecule has 0 aromatic heterocycles.